The first-order valence-corrected chi connectivity index (χ1v) is 5.42. The van der Waals surface area contributed by atoms with Gasteiger partial charge in [-0.2, -0.15) is 0 Å². The minimum absolute atomic E-state index is 0.678. The van der Waals surface area contributed by atoms with Gasteiger partial charge in [0.1, 0.15) is 0 Å². The number of aryl methyl sites for hydroxylation is 2. The lowest BCUT2D eigenvalue weighted by atomic mass is 9.90. The number of nitrogens with one attached hydrogen (secondary N) is 1. The van der Waals surface area contributed by atoms with Crippen molar-refractivity contribution in [2.75, 3.05) is 13.1 Å². The van der Waals surface area contributed by atoms with Gasteiger partial charge in [0.05, 0.1) is 0 Å². The van der Waals surface area contributed by atoms with E-state index in [1.165, 1.54) is 30.6 Å². The quantitative estimate of drug-likeness (QED) is 0.734. The third kappa shape index (κ3) is 1.95. The summed E-state index contributed by atoms with van der Waals surface area (Å²) in [5, 5.41) is 3.45. The number of hydrogen-bond donors (Lipinski definition) is 1. The second-order valence-corrected chi connectivity index (χ2v) is 4.17. The monoisotopic (exact) mass is 190 g/mol. The van der Waals surface area contributed by atoms with Crippen molar-refractivity contribution in [1.29, 1.82) is 0 Å². The predicted molar refractivity (Wildman–Crippen MR) is 58.6 cm³/mol. The van der Waals surface area contributed by atoms with Crippen LogP contribution in [-0.4, -0.2) is 18.1 Å². The predicted octanol–water partition coefficient (Wildman–Crippen LogP) is 2.17. The fraction of sp³-hybridized carbons (Fsp3) is 0.583. The van der Waals surface area contributed by atoms with E-state index in [1.807, 2.05) is 0 Å². The molecule has 1 aliphatic heterocycles. The number of aromatic nitrogens is 1. The summed E-state index contributed by atoms with van der Waals surface area (Å²) >= 11 is 0. The van der Waals surface area contributed by atoms with E-state index in [2.05, 4.69) is 36.3 Å². The summed E-state index contributed by atoms with van der Waals surface area (Å²) in [6.45, 7) is 6.47. The molecule has 0 radical (unpaired) electrons. The van der Waals surface area contributed by atoms with Crippen LogP contribution >= 0.6 is 0 Å². The van der Waals surface area contributed by atoms with Gasteiger partial charge in [0.15, 0.2) is 0 Å². The molecule has 1 N–H and O–H groups in total. The molecule has 1 atom stereocenters. The van der Waals surface area contributed by atoms with Crippen LogP contribution in [-0.2, 0) is 0 Å². The van der Waals surface area contributed by atoms with Crippen molar-refractivity contribution in [3.05, 3.63) is 29.1 Å². The number of piperidine rings is 1. The first-order valence-electron chi connectivity index (χ1n) is 5.42. The molecule has 2 heterocycles. The largest absolute Gasteiger partial charge is 0.316 e. The molecular formula is C12H18N2. The van der Waals surface area contributed by atoms with E-state index in [9.17, 15) is 0 Å². The van der Waals surface area contributed by atoms with Gasteiger partial charge in [-0.3, -0.25) is 4.98 Å². The average molecular weight is 190 g/mol. The molecule has 0 amide bonds. The molecule has 1 aromatic heterocycles. The fourth-order valence-electron chi connectivity index (χ4n) is 2.25. The van der Waals surface area contributed by atoms with Crippen molar-refractivity contribution >= 4 is 0 Å². The fourth-order valence-corrected chi connectivity index (χ4v) is 2.25. The van der Waals surface area contributed by atoms with Crippen molar-refractivity contribution in [2.45, 2.75) is 32.6 Å². The van der Waals surface area contributed by atoms with E-state index < -0.39 is 0 Å². The molecule has 76 valence electrons. The SMILES string of the molecule is Cc1ccc([C@H]2CCCNC2)c(C)n1. The molecule has 0 aromatic carbocycles. The van der Waals surface area contributed by atoms with Crippen molar-refractivity contribution in [1.82, 2.24) is 10.3 Å². The van der Waals surface area contributed by atoms with E-state index >= 15 is 0 Å². The summed E-state index contributed by atoms with van der Waals surface area (Å²) < 4.78 is 0. The second kappa shape index (κ2) is 4.09. The van der Waals surface area contributed by atoms with Crippen LogP contribution in [0.4, 0.5) is 0 Å². The molecular weight excluding hydrogens is 172 g/mol. The highest BCUT2D eigenvalue weighted by atomic mass is 14.9. The molecule has 2 heteroatoms. The van der Waals surface area contributed by atoms with Crippen LogP contribution in [0.15, 0.2) is 12.1 Å². The number of nitrogens with zero attached hydrogens (tertiary/aromatic N) is 1. The Balaban J connectivity index is 2.22. The highest BCUT2D eigenvalue weighted by Crippen LogP contribution is 2.24. The maximum atomic E-state index is 4.52. The first-order chi connectivity index (χ1) is 6.77. The van der Waals surface area contributed by atoms with Crippen molar-refractivity contribution in [3.63, 3.8) is 0 Å². The Kier molecular flexibility index (Phi) is 2.82. The summed E-state index contributed by atoms with van der Waals surface area (Å²) in [5.41, 5.74) is 3.76. The summed E-state index contributed by atoms with van der Waals surface area (Å²) in [4.78, 5) is 4.52. The molecule has 0 saturated carbocycles. The Morgan fingerprint density at radius 3 is 2.86 bits per heavy atom. The summed E-state index contributed by atoms with van der Waals surface area (Å²) in [6, 6.07) is 4.37. The molecule has 0 unspecified atom stereocenters. The van der Waals surface area contributed by atoms with Gasteiger partial charge in [0.2, 0.25) is 0 Å². The normalized spacial score (nSPS) is 22.3. The Bertz CT molecular complexity index is 314. The third-order valence-corrected chi connectivity index (χ3v) is 3.00. The standard InChI is InChI=1S/C12H18N2/c1-9-5-6-12(10(2)14-9)11-4-3-7-13-8-11/h5-6,11,13H,3-4,7-8H2,1-2H3/t11-/m0/s1. The number of hydrogen-bond acceptors (Lipinski definition) is 2. The van der Waals surface area contributed by atoms with Crippen LogP contribution in [0.1, 0.15) is 35.7 Å². The van der Waals surface area contributed by atoms with Gasteiger partial charge in [0.25, 0.3) is 0 Å². The van der Waals surface area contributed by atoms with Gasteiger partial charge in [-0.25, -0.2) is 0 Å². The van der Waals surface area contributed by atoms with Crippen LogP contribution < -0.4 is 5.32 Å². The van der Waals surface area contributed by atoms with E-state index in [-0.39, 0.29) is 0 Å². The van der Waals surface area contributed by atoms with Crippen LogP contribution in [0.3, 0.4) is 0 Å². The van der Waals surface area contributed by atoms with E-state index in [0.29, 0.717) is 5.92 Å². The molecule has 1 saturated heterocycles. The molecule has 0 aliphatic carbocycles. The summed E-state index contributed by atoms with van der Waals surface area (Å²) in [7, 11) is 0. The lowest BCUT2D eigenvalue weighted by Crippen LogP contribution is -2.28. The number of pyridine rings is 1. The summed E-state index contributed by atoms with van der Waals surface area (Å²) in [5.74, 6) is 0.678. The van der Waals surface area contributed by atoms with Crippen molar-refractivity contribution in [3.8, 4) is 0 Å². The molecule has 1 fully saturated rings. The van der Waals surface area contributed by atoms with Gasteiger partial charge in [-0.15, -0.1) is 0 Å². The number of rotatable bonds is 1. The third-order valence-electron chi connectivity index (χ3n) is 3.00. The smallest absolute Gasteiger partial charge is 0.0411 e. The Morgan fingerprint density at radius 2 is 2.21 bits per heavy atom. The van der Waals surface area contributed by atoms with Crippen molar-refractivity contribution < 1.29 is 0 Å². The molecule has 1 aromatic rings. The molecule has 2 rings (SSSR count). The maximum Gasteiger partial charge on any atom is 0.0411 e. The van der Waals surface area contributed by atoms with Crippen LogP contribution in [0.25, 0.3) is 0 Å². The average Bonchev–Trinajstić information content (AvgIpc) is 2.19. The molecule has 1 aliphatic rings. The molecule has 0 spiro atoms. The molecule has 0 bridgehead atoms. The van der Waals surface area contributed by atoms with E-state index in [1.54, 1.807) is 0 Å². The van der Waals surface area contributed by atoms with Crippen LogP contribution in [0.2, 0.25) is 0 Å². The zero-order chi connectivity index (χ0) is 9.97. The van der Waals surface area contributed by atoms with Gasteiger partial charge in [-0.05, 0) is 50.8 Å². The van der Waals surface area contributed by atoms with Crippen LogP contribution in [0, 0.1) is 13.8 Å². The molecule has 2 nitrogen and oxygen atoms in total. The van der Waals surface area contributed by atoms with Crippen LogP contribution in [0.5, 0.6) is 0 Å². The lowest BCUT2D eigenvalue weighted by Gasteiger charge is -2.24. The van der Waals surface area contributed by atoms with Gasteiger partial charge in [0, 0.05) is 17.9 Å². The topological polar surface area (TPSA) is 24.9 Å². The minimum atomic E-state index is 0.678. The first kappa shape index (κ1) is 9.66. The van der Waals surface area contributed by atoms with Gasteiger partial charge < -0.3 is 5.32 Å². The Hall–Kier alpha value is -0.890. The van der Waals surface area contributed by atoms with Crippen molar-refractivity contribution in [2.24, 2.45) is 0 Å². The molecule has 14 heavy (non-hydrogen) atoms. The van der Waals surface area contributed by atoms with Gasteiger partial charge in [-0.1, -0.05) is 6.07 Å². The Morgan fingerprint density at radius 1 is 1.36 bits per heavy atom. The highest BCUT2D eigenvalue weighted by molar-refractivity contribution is 5.26. The second-order valence-electron chi connectivity index (χ2n) is 4.17. The summed E-state index contributed by atoms with van der Waals surface area (Å²) in [6.07, 6.45) is 2.59. The zero-order valence-corrected chi connectivity index (χ0v) is 9.01. The van der Waals surface area contributed by atoms with Gasteiger partial charge >= 0.3 is 0 Å². The maximum absolute atomic E-state index is 4.52. The Labute approximate surface area is 85.7 Å². The zero-order valence-electron chi connectivity index (χ0n) is 9.01. The van der Waals surface area contributed by atoms with E-state index in [4.69, 9.17) is 0 Å². The highest BCUT2D eigenvalue weighted by Gasteiger charge is 2.17. The minimum Gasteiger partial charge on any atom is -0.316 e. The lowest BCUT2D eigenvalue weighted by molar-refractivity contribution is 0.459. The van der Waals surface area contributed by atoms with E-state index in [0.717, 1.165) is 12.2 Å².